The molecular formula is C31H22F3N7O3. The molecule has 220 valence electrons. The third-order valence-corrected chi connectivity index (χ3v) is 6.65. The van der Waals surface area contributed by atoms with E-state index < -0.39 is 12.1 Å². The Labute approximate surface area is 247 Å². The predicted molar refractivity (Wildman–Crippen MR) is 156 cm³/mol. The van der Waals surface area contributed by atoms with E-state index in [4.69, 9.17) is 9.90 Å². The summed E-state index contributed by atoms with van der Waals surface area (Å²) >= 11 is 0. The third kappa shape index (κ3) is 6.39. The van der Waals surface area contributed by atoms with E-state index in [-0.39, 0.29) is 18.4 Å². The van der Waals surface area contributed by atoms with Gasteiger partial charge in [-0.05, 0) is 35.2 Å². The third-order valence-electron chi connectivity index (χ3n) is 6.65. The van der Waals surface area contributed by atoms with Crippen LogP contribution >= 0.6 is 0 Å². The van der Waals surface area contributed by atoms with E-state index in [0.717, 1.165) is 44.3 Å². The summed E-state index contributed by atoms with van der Waals surface area (Å²) in [6, 6.07) is 24.9. The van der Waals surface area contributed by atoms with Crippen molar-refractivity contribution in [3.63, 3.8) is 0 Å². The number of carboxylic acid groups (broad SMARTS) is 1. The predicted octanol–water partition coefficient (Wildman–Crippen LogP) is 6.36. The molecule has 0 fully saturated rings. The van der Waals surface area contributed by atoms with Crippen molar-refractivity contribution in [1.82, 2.24) is 24.7 Å². The maximum Gasteiger partial charge on any atom is 0.490 e. The number of nitrogens with one attached hydrogen (secondary N) is 2. The molecule has 13 heteroatoms. The van der Waals surface area contributed by atoms with Gasteiger partial charge >= 0.3 is 12.1 Å². The van der Waals surface area contributed by atoms with E-state index in [9.17, 15) is 23.2 Å². The van der Waals surface area contributed by atoms with E-state index in [2.05, 4.69) is 31.4 Å². The highest BCUT2D eigenvalue weighted by atomic mass is 19.4. The Kier molecular flexibility index (Phi) is 8.34. The van der Waals surface area contributed by atoms with E-state index >= 15 is 0 Å². The average molecular weight is 598 g/mol. The number of fused-ring (bicyclic) bond motifs is 2. The van der Waals surface area contributed by atoms with Gasteiger partial charge in [-0.25, -0.2) is 14.8 Å². The molecule has 1 unspecified atom stereocenters. The lowest BCUT2D eigenvalue weighted by Gasteiger charge is -2.16. The van der Waals surface area contributed by atoms with Gasteiger partial charge in [0.1, 0.15) is 12.0 Å². The van der Waals surface area contributed by atoms with Crippen LogP contribution in [0.25, 0.3) is 33.1 Å². The van der Waals surface area contributed by atoms with E-state index in [1.807, 2.05) is 79.1 Å². The molecule has 0 aliphatic rings. The first-order valence-electron chi connectivity index (χ1n) is 13.0. The van der Waals surface area contributed by atoms with Crippen LogP contribution in [0, 0.1) is 11.3 Å². The first-order chi connectivity index (χ1) is 21.2. The number of carbonyl (C=O) groups is 2. The van der Waals surface area contributed by atoms with Crippen LogP contribution in [0.15, 0.2) is 97.7 Å². The summed E-state index contributed by atoms with van der Waals surface area (Å²) < 4.78 is 33.5. The van der Waals surface area contributed by atoms with Crippen LogP contribution in [0.2, 0.25) is 0 Å². The Morgan fingerprint density at radius 3 is 2.55 bits per heavy atom. The molecule has 6 rings (SSSR count). The zero-order chi connectivity index (χ0) is 31.3. The van der Waals surface area contributed by atoms with Gasteiger partial charge < -0.3 is 15.4 Å². The van der Waals surface area contributed by atoms with Gasteiger partial charge in [0.05, 0.1) is 30.4 Å². The number of hydrogen-bond acceptors (Lipinski definition) is 6. The number of alkyl halides is 3. The van der Waals surface area contributed by atoms with Crippen LogP contribution in [0.4, 0.5) is 18.9 Å². The standard InChI is InChI=1S/C29H21N7O.C2HF3O2/c30-13-11-26(36-17-22(16-34-36)27-24-12-14-31-28(24)33-18-32-27)20-7-3-8-21(15-20)29(37)35-25-10-4-6-19-5-1-2-9-23(19)25;3-2(4,5)1(6)7/h1-10,12,14-18,26H,11H2,(H,35,37)(H,31,32,33);(H,6,7). The number of nitriles is 1. The number of rotatable bonds is 6. The first-order valence-corrected chi connectivity index (χ1v) is 13.0. The van der Waals surface area contributed by atoms with Crippen molar-refractivity contribution in [3.8, 4) is 17.3 Å². The number of H-pyrrole nitrogens is 1. The number of carboxylic acids is 1. The first kappa shape index (κ1) is 29.5. The van der Waals surface area contributed by atoms with Crippen molar-refractivity contribution in [2.75, 3.05) is 5.32 Å². The van der Waals surface area contributed by atoms with Crippen LogP contribution < -0.4 is 5.32 Å². The molecule has 3 aromatic carbocycles. The summed E-state index contributed by atoms with van der Waals surface area (Å²) in [5.74, 6) is -2.97. The van der Waals surface area contributed by atoms with Gasteiger partial charge in [-0.3, -0.25) is 9.48 Å². The van der Waals surface area contributed by atoms with Crippen LogP contribution in [0.3, 0.4) is 0 Å². The zero-order valence-electron chi connectivity index (χ0n) is 22.7. The lowest BCUT2D eigenvalue weighted by atomic mass is 10.0. The van der Waals surface area contributed by atoms with Gasteiger partial charge in [0.2, 0.25) is 0 Å². The van der Waals surface area contributed by atoms with Crippen molar-refractivity contribution >= 4 is 39.4 Å². The smallest absolute Gasteiger partial charge is 0.475 e. The van der Waals surface area contributed by atoms with Crippen molar-refractivity contribution < 1.29 is 27.9 Å². The second-order valence-corrected chi connectivity index (χ2v) is 9.46. The molecular weight excluding hydrogens is 575 g/mol. The van der Waals surface area contributed by atoms with Crippen molar-refractivity contribution in [3.05, 3.63) is 109 Å². The minimum Gasteiger partial charge on any atom is -0.475 e. The minimum atomic E-state index is -5.08. The molecule has 1 atom stereocenters. The number of aromatic amines is 1. The molecule has 0 spiro atoms. The number of amides is 1. The molecule has 0 aliphatic carbocycles. The van der Waals surface area contributed by atoms with Crippen LogP contribution in [-0.4, -0.2) is 47.9 Å². The van der Waals surface area contributed by atoms with Crippen molar-refractivity contribution in [1.29, 1.82) is 5.26 Å². The van der Waals surface area contributed by atoms with E-state index in [1.165, 1.54) is 6.33 Å². The minimum absolute atomic E-state index is 0.193. The second-order valence-electron chi connectivity index (χ2n) is 9.46. The summed E-state index contributed by atoms with van der Waals surface area (Å²) in [6.45, 7) is 0. The molecule has 0 saturated carbocycles. The Morgan fingerprint density at radius 2 is 1.77 bits per heavy atom. The van der Waals surface area contributed by atoms with Gasteiger partial charge in [0.25, 0.3) is 5.91 Å². The number of carbonyl (C=O) groups excluding carboxylic acids is 1. The number of halogens is 3. The summed E-state index contributed by atoms with van der Waals surface area (Å²) in [6.07, 6.45) is 2.05. The second kappa shape index (κ2) is 12.5. The highest BCUT2D eigenvalue weighted by Crippen LogP contribution is 2.29. The number of anilines is 1. The molecule has 1 amide bonds. The molecule has 3 N–H and O–H groups in total. The highest BCUT2D eigenvalue weighted by Gasteiger charge is 2.38. The topological polar surface area (TPSA) is 150 Å². The molecule has 6 aromatic rings. The number of benzene rings is 3. The monoisotopic (exact) mass is 597 g/mol. The van der Waals surface area contributed by atoms with Crippen LogP contribution in [-0.2, 0) is 4.79 Å². The fourth-order valence-electron chi connectivity index (χ4n) is 4.60. The maximum absolute atomic E-state index is 13.2. The van der Waals surface area contributed by atoms with Gasteiger partial charge in [-0.2, -0.15) is 23.5 Å². The normalized spacial score (nSPS) is 11.8. The van der Waals surface area contributed by atoms with Crippen molar-refractivity contribution in [2.24, 2.45) is 0 Å². The highest BCUT2D eigenvalue weighted by molar-refractivity contribution is 6.09. The molecule has 3 heterocycles. The lowest BCUT2D eigenvalue weighted by Crippen LogP contribution is -2.21. The molecule has 0 saturated heterocycles. The largest absolute Gasteiger partial charge is 0.490 e. The average Bonchev–Trinajstić information content (AvgIpc) is 3.70. The van der Waals surface area contributed by atoms with Gasteiger partial charge in [0.15, 0.2) is 0 Å². The van der Waals surface area contributed by atoms with Crippen LogP contribution in [0.5, 0.6) is 0 Å². The molecule has 3 aromatic heterocycles. The Morgan fingerprint density at radius 1 is 1.02 bits per heavy atom. The number of aromatic nitrogens is 5. The Bertz CT molecular complexity index is 2010. The summed E-state index contributed by atoms with van der Waals surface area (Å²) in [4.78, 5) is 33.9. The number of hydrogen-bond donors (Lipinski definition) is 3. The molecule has 0 radical (unpaired) electrons. The van der Waals surface area contributed by atoms with Gasteiger partial charge in [-0.15, -0.1) is 0 Å². The number of nitrogens with zero attached hydrogens (tertiary/aromatic N) is 5. The Balaban J connectivity index is 0.000000493. The zero-order valence-corrected chi connectivity index (χ0v) is 22.7. The quantitative estimate of drug-likeness (QED) is 0.202. The van der Waals surface area contributed by atoms with E-state index in [0.29, 0.717) is 5.56 Å². The fourth-order valence-corrected chi connectivity index (χ4v) is 4.60. The molecule has 44 heavy (non-hydrogen) atoms. The number of aliphatic carboxylic acids is 1. The summed E-state index contributed by atoms with van der Waals surface area (Å²) in [5.41, 5.74) is 4.40. The fraction of sp³-hybridized carbons (Fsp3) is 0.0968. The van der Waals surface area contributed by atoms with Crippen LogP contribution in [0.1, 0.15) is 28.4 Å². The maximum atomic E-state index is 13.2. The Hall–Kier alpha value is -6.03. The van der Waals surface area contributed by atoms with Gasteiger partial charge in [0, 0.05) is 40.0 Å². The van der Waals surface area contributed by atoms with E-state index in [1.54, 1.807) is 16.9 Å². The lowest BCUT2D eigenvalue weighted by molar-refractivity contribution is -0.192. The summed E-state index contributed by atoms with van der Waals surface area (Å²) in [5, 5.41) is 27.2. The molecule has 0 bridgehead atoms. The molecule has 10 nitrogen and oxygen atoms in total. The summed E-state index contributed by atoms with van der Waals surface area (Å²) in [7, 11) is 0. The van der Waals surface area contributed by atoms with Gasteiger partial charge in [-0.1, -0.05) is 48.5 Å². The van der Waals surface area contributed by atoms with Crippen molar-refractivity contribution in [2.45, 2.75) is 18.6 Å². The molecule has 0 aliphatic heterocycles. The SMILES string of the molecule is N#CCC(c1cccc(C(=O)Nc2cccc3ccccc23)c1)n1cc(-c2ncnc3[nH]ccc23)cn1.O=C(O)C(F)(F)F.